The van der Waals surface area contributed by atoms with E-state index in [1.807, 2.05) is 18.2 Å². The smallest absolute Gasteiger partial charge is 0.143 e. The summed E-state index contributed by atoms with van der Waals surface area (Å²) in [6, 6.07) is 79.7. The number of rotatable bonds is 7. The molecule has 0 spiro atoms. The third-order valence-electron chi connectivity index (χ3n) is 12.1. The standard InChI is InChI=1S/C58H37NO2/c1-3-13-40(14-4-1)47-21-11-22-50-53-37-52(48-17-7-8-18-49(48)58(53)61-57(47)50)42-31-35-45(36-32-42)59(43-15-5-2-6-16-43)44-33-29-39(30-34-44)38-25-27-41(28-26-38)46-20-12-24-55-56(46)51-19-9-10-23-54(51)60-55/h1-37H. The lowest BCUT2D eigenvalue weighted by Gasteiger charge is -2.26. The minimum atomic E-state index is 0.909. The lowest BCUT2D eigenvalue weighted by atomic mass is 9.94. The fraction of sp³-hybridized carbons (Fsp3) is 0. The average Bonchev–Trinajstić information content (AvgIpc) is 3.92. The van der Waals surface area contributed by atoms with Crippen LogP contribution in [-0.2, 0) is 0 Å². The number of nitrogens with zero attached hydrogens (tertiary/aromatic N) is 1. The Morgan fingerprint density at radius 2 is 0.738 bits per heavy atom. The van der Waals surface area contributed by atoms with Gasteiger partial charge < -0.3 is 13.7 Å². The van der Waals surface area contributed by atoms with Crippen molar-refractivity contribution in [3.05, 3.63) is 224 Å². The maximum absolute atomic E-state index is 6.77. The predicted molar refractivity (Wildman–Crippen MR) is 255 cm³/mol. The third-order valence-corrected chi connectivity index (χ3v) is 12.1. The maximum Gasteiger partial charge on any atom is 0.143 e. The molecule has 0 N–H and O–H groups in total. The van der Waals surface area contributed by atoms with E-state index < -0.39 is 0 Å². The molecule has 0 saturated heterocycles. The van der Waals surface area contributed by atoms with Crippen LogP contribution in [-0.4, -0.2) is 0 Å². The van der Waals surface area contributed by atoms with E-state index in [1.165, 1.54) is 27.6 Å². The fourth-order valence-electron chi connectivity index (χ4n) is 9.18. The molecule has 0 radical (unpaired) electrons. The summed E-state index contributed by atoms with van der Waals surface area (Å²) < 4.78 is 12.9. The second kappa shape index (κ2) is 14.3. The molecule has 0 saturated carbocycles. The van der Waals surface area contributed by atoms with E-state index in [2.05, 4.69) is 211 Å². The molecule has 286 valence electrons. The first-order valence-electron chi connectivity index (χ1n) is 20.7. The van der Waals surface area contributed by atoms with Crippen molar-refractivity contribution in [1.82, 2.24) is 0 Å². The van der Waals surface area contributed by atoms with Crippen molar-refractivity contribution in [3.63, 3.8) is 0 Å². The molecule has 0 atom stereocenters. The highest BCUT2D eigenvalue weighted by Crippen LogP contribution is 2.44. The number of anilines is 3. The predicted octanol–water partition coefficient (Wildman–Crippen LogP) is 16.8. The number of fused-ring (bicyclic) bond motifs is 8. The number of hydrogen-bond donors (Lipinski definition) is 0. The van der Waals surface area contributed by atoms with E-state index in [9.17, 15) is 0 Å². The Labute approximate surface area is 353 Å². The Morgan fingerprint density at radius 3 is 1.48 bits per heavy atom. The van der Waals surface area contributed by atoms with Crippen molar-refractivity contribution in [3.8, 4) is 44.5 Å². The molecule has 0 fully saturated rings. The van der Waals surface area contributed by atoms with Gasteiger partial charge in [0.15, 0.2) is 0 Å². The van der Waals surface area contributed by atoms with Crippen molar-refractivity contribution in [2.24, 2.45) is 0 Å². The summed E-state index contributed by atoms with van der Waals surface area (Å²) in [7, 11) is 0. The lowest BCUT2D eigenvalue weighted by Crippen LogP contribution is -2.09. The largest absolute Gasteiger partial charge is 0.456 e. The highest BCUT2D eigenvalue weighted by atomic mass is 16.3. The normalized spacial score (nSPS) is 11.6. The molecule has 2 aromatic heterocycles. The van der Waals surface area contributed by atoms with Crippen LogP contribution in [0.15, 0.2) is 233 Å². The van der Waals surface area contributed by atoms with Gasteiger partial charge in [0.2, 0.25) is 0 Å². The first kappa shape index (κ1) is 34.9. The van der Waals surface area contributed by atoms with Crippen molar-refractivity contribution >= 4 is 71.7 Å². The van der Waals surface area contributed by atoms with E-state index in [0.29, 0.717) is 0 Å². The summed E-state index contributed by atoms with van der Waals surface area (Å²) in [5, 5.41) is 6.81. The monoisotopic (exact) mass is 779 g/mol. The van der Waals surface area contributed by atoms with E-state index in [1.54, 1.807) is 0 Å². The number of benzene rings is 10. The van der Waals surface area contributed by atoms with Gasteiger partial charge in [0.05, 0.1) is 0 Å². The van der Waals surface area contributed by atoms with Gasteiger partial charge in [-0.05, 0) is 98.9 Å². The molecule has 0 aliphatic rings. The first-order chi connectivity index (χ1) is 30.2. The summed E-state index contributed by atoms with van der Waals surface area (Å²) in [5.41, 5.74) is 16.2. The fourth-order valence-corrected chi connectivity index (χ4v) is 9.18. The lowest BCUT2D eigenvalue weighted by molar-refractivity contribution is 0.669. The van der Waals surface area contributed by atoms with Gasteiger partial charge in [-0.15, -0.1) is 0 Å². The van der Waals surface area contributed by atoms with Gasteiger partial charge in [-0.2, -0.15) is 0 Å². The highest BCUT2D eigenvalue weighted by molar-refractivity contribution is 6.20. The molecule has 0 aliphatic heterocycles. The number of para-hydroxylation sites is 3. The molecule has 12 aromatic rings. The Balaban J connectivity index is 0.890. The van der Waals surface area contributed by atoms with Crippen molar-refractivity contribution in [1.29, 1.82) is 0 Å². The van der Waals surface area contributed by atoms with E-state index >= 15 is 0 Å². The number of furan rings is 2. The molecule has 3 heteroatoms. The molecule has 0 aliphatic carbocycles. The topological polar surface area (TPSA) is 29.5 Å². The Bertz CT molecular complexity index is 3550. The Morgan fingerprint density at radius 1 is 0.262 bits per heavy atom. The summed E-state index contributed by atoms with van der Waals surface area (Å²) >= 11 is 0. The van der Waals surface area contributed by atoms with Gasteiger partial charge in [-0.1, -0.05) is 170 Å². The summed E-state index contributed by atoms with van der Waals surface area (Å²) in [6.07, 6.45) is 0. The van der Waals surface area contributed by atoms with Crippen molar-refractivity contribution in [2.75, 3.05) is 4.90 Å². The van der Waals surface area contributed by atoms with E-state index in [4.69, 9.17) is 8.83 Å². The molecular weight excluding hydrogens is 743 g/mol. The molecular formula is C58H37NO2. The van der Waals surface area contributed by atoms with Crippen LogP contribution in [0.3, 0.4) is 0 Å². The van der Waals surface area contributed by atoms with Gasteiger partial charge >= 0.3 is 0 Å². The van der Waals surface area contributed by atoms with Gasteiger partial charge in [0.1, 0.15) is 22.3 Å². The SMILES string of the molecule is c1ccc(-c2cccc3c2oc2c4ccccc4c(-c4ccc(N(c5ccccc5)c5ccc(-c6ccc(-c7cccc8oc9ccccc9c78)cc6)cc5)cc4)cc32)cc1. The molecule has 12 rings (SSSR count). The van der Waals surface area contributed by atoms with Crippen LogP contribution in [0.25, 0.3) is 99.2 Å². The molecule has 10 aromatic carbocycles. The average molecular weight is 780 g/mol. The zero-order valence-electron chi connectivity index (χ0n) is 33.1. The minimum Gasteiger partial charge on any atom is -0.456 e. The van der Waals surface area contributed by atoms with Crippen LogP contribution in [0.1, 0.15) is 0 Å². The summed E-state index contributed by atoms with van der Waals surface area (Å²) in [5.74, 6) is 0. The zero-order chi connectivity index (χ0) is 40.3. The van der Waals surface area contributed by atoms with Gasteiger partial charge in [-0.25, -0.2) is 0 Å². The van der Waals surface area contributed by atoms with Crippen LogP contribution in [0, 0.1) is 0 Å². The van der Waals surface area contributed by atoms with Gasteiger partial charge in [0.25, 0.3) is 0 Å². The van der Waals surface area contributed by atoms with Crippen LogP contribution >= 0.6 is 0 Å². The first-order valence-corrected chi connectivity index (χ1v) is 20.7. The molecule has 61 heavy (non-hydrogen) atoms. The summed E-state index contributed by atoms with van der Waals surface area (Å²) in [6.45, 7) is 0. The number of hydrogen-bond acceptors (Lipinski definition) is 3. The quantitative estimate of drug-likeness (QED) is 0.161. The molecule has 0 bridgehead atoms. The molecule has 0 amide bonds. The highest BCUT2D eigenvalue weighted by Gasteiger charge is 2.19. The molecule has 3 nitrogen and oxygen atoms in total. The van der Waals surface area contributed by atoms with Crippen molar-refractivity contribution < 1.29 is 8.83 Å². The van der Waals surface area contributed by atoms with E-state index in [-0.39, 0.29) is 0 Å². The Kier molecular flexibility index (Phi) is 8.17. The van der Waals surface area contributed by atoms with Crippen LogP contribution in [0.4, 0.5) is 17.1 Å². The molecule has 0 unspecified atom stereocenters. The summed E-state index contributed by atoms with van der Waals surface area (Å²) in [4.78, 5) is 2.32. The third kappa shape index (κ3) is 5.90. The minimum absolute atomic E-state index is 0.909. The van der Waals surface area contributed by atoms with E-state index in [0.717, 1.165) is 88.6 Å². The van der Waals surface area contributed by atoms with Crippen LogP contribution in [0.5, 0.6) is 0 Å². The van der Waals surface area contributed by atoms with Crippen LogP contribution < -0.4 is 4.90 Å². The zero-order valence-corrected chi connectivity index (χ0v) is 33.1. The Hall–Kier alpha value is -8.14. The second-order valence-corrected chi connectivity index (χ2v) is 15.6. The molecule has 2 heterocycles. The van der Waals surface area contributed by atoms with Crippen molar-refractivity contribution in [2.45, 2.75) is 0 Å². The van der Waals surface area contributed by atoms with Crippen LogP contribution in [0.2, 0.25) is 0 Å². The maximum atomic E-state index is 6.77. The second-order valence-electron chi connectivity index (χ2n) is 15.6. The van der Waals surface area contributed by atoms with Gasteiger partial charge in [-0.3, -0.25) is 0 Å². The van der Waals surface area contributed by atoms with Gasteiger partial charge in [0, 0.05) is 49.6 Å².